The summed E-state index contributed by atoms with van der Waals surface area (Å²) in [5, 5.41) is 32.6. The highest BCUT2D eigenvalue weighted by molar-refractivity contribution is 5.79. The number of hydrogen-bond acceptors (Lipinski definition) is 5. The van der Waals surface area contributed by atoms with Crippen molar-refractivity contribution in [2.75, 3.05) is 13.1 Å². The standard InChI is InChI=1S/C15H24N2O5/c18-13(19)7-1-6-12-10-4-2-8-17(22)9-3-5-11(14(10)17)15(20)16(12)21/h10-12,14,21-22H,1-9H2/t10-,11+,12-,14-,17-/m1/s1. The molecule has 3 saturated heterocycles. The van der Waals surface area contributed by atoms with Crippen molar-refractivity contribution in [3.8, 4) is 0 Å². The lowest BCUT2D eigenvalue weighted by atomic mass is 9.69. The molecule has 0 aliphatic carbocycles. The maximum Gasteiger partial charge on any atom is 0.255 e. The predicted molar refractivity (Wildman–Crippen MR) is 72.3 cm³/mol. The summed E-state index contributed by atoms with van der Waals surface area (Å²) in [7, 11) is 0. The molecule has 2 N–H and O–H groups in total. The van der Waals surface area contributed by atoms with Crippen LogP contribution in [0.15, 0.2) is 0 Å². The fourth-order valence-corrected chi connectivity index (χ4v) is 4.92. The van der Waals surface area contributed by atoms with Crippen molar-refractivity contribution < 1.29 is 29.8 Å². The Hall–Kier alpha value is -1.18. The summed E-state index contributed by atoms with van der Waals surface area (Å²) in [6, 6.07) is -0.539. The van der Waals surface area contributed by atoms with Crippen molar-refractivity contribution in [1.82, 2.24) is 5.06 Å². The lowest BCUT2D eigenvalue weighted by Gasteiger charge is -2.56. The number of amides is 1. The summed E-state index contributed by atoms with van der Waals surface area (Å²) in [5.74, 6) is -1.70. The van der Waals surface area contributed by atoms with Crippen LogP contribution in [0.2, 0.25) is 0 Å². The quantitative estimate of drug-likeness (QED) is 0.558. The Bertz CT molecular complexity index is 467. The Kier molecular flexibility index (Phi) is 4.13. The number of nitrogens with zero attached hydrogens (tertiary/aromatic N) is 2. The van der Waals surface area contributed by atoms with Crippen molar-refractivity contribution in [3.63, 3.8) is 0 Å². The fourth-order valence-electron chi connectivity index (χ4n) is 4.92. The first kappa shape index (κ1) is 15.7. The average molecular weight is 312 g/mol. The summed E-state index contributed by atoms with van der Waals surface area (Å²) in [4.78, 5) is 23.0. The molecule has 7 nitrogen and oxygen atoms in total. The molecule has 0 bridgehead atoms. The zero-order valence-electron chi connectivity index (χ0n) is 12.7. The monoisotopic (exact) mass is 312 g/mol. The fraction of sp³-hybridized carbons (Fsp3) is 0.867. The molecule has 0 aromatic rings. The smallest absolute Gasteiger partial charge is 0.255 e. The molecule has 1 amide bonds. The molecule has 0 saturated carbocycles. The highest BCUT2D eigenvalue weighted by Gasteiger charge is 2.60. The number of quaternary nitrogens is 1. The normalized spacial score (nSPS) is 41.2. The zero-order valence-corrected chi connectivity index (χ0v) is 12.7. The second-order valence-electron chi connectivity index (χ2n) is 6.99. The van der Waals surface area contributed by atoms with Crippen LogP contribution in [0.3, 0.4) is 0 Å². The number of aliphatic carboxylic acids is 1. The second-order valence-corrected chi connectivity index (χ2v) is 6.99. The molecule has 3 aliphatic rings. The van der Waals surface area contributed by atoms with Gasteiger partial charge in [0.25, 0.3) is 5.91 Å². The van der Waals surface area contributed by atoms with E-state index in [0.29, 0.717) is 32.4 Å². The predicted octanol–water partition coefficient (Wildman–Crippen LogP) is -0.0988. The van der Waals surface area contributed by atoms with E-state index in [1.807, 2.05) is 0 Å². The Morgan fingerprint density at radius 2 is 2.00 bits per heavy atom. The summed E-state index contributed by atoms with van der Waals surface area (Å²) >= 11 is 0. The summed E-state index contributed by atoms with van der Waals surface area (Å²) < 4.78 is -0.0497. The van der Waals surface area contributed by atoms with Crippen LogP contribution in [0.5, 0.6) is 0 Å². The van der Waals surface area contributed by atoms with Crippen LogP contribution < -0.4 is 5.11 Å². The van der Waals surface area contributed by atoms with Crippen LogP contribution in [-0.4, -0.2) is 57.2 Å². The van der Waals surface area contributed by atoms with Crippen LogP contribution in [-0.2, 0) is 9.59 Å². The molecule has 0 radical (unpaired) electrons. The number of carbonyl (C=O) groups excluding carboxylic acids is 2. The topological polar surface area (TPSA) is 101 Å². The molecule has 0 aromatic heterocycles. The Labute approximate surface area is 129 Å². The van der Waals surface area contributed by atoms with E-state index in [1.54, 1.807) is 0 Å². The SMILES string of the molecule is O=C([O-])CCC[C@@H]1[C@H]2CCC[N@@+]3(O)CCC[C@H](C(=O)N1O)[C@@H]23. The van der Waals surface area contributed by atoms with E-state index >= 15 is 0 Å². The third-order valence-electron chi connectivity index (χ3n) is 5.78. The van der Waals surface area contributed by atoms with Crippen LogP contribution in [0.4, 0.5) is 0 Å². The Morgan fingerprint density at radius 1 is 1.32 bits per heavy atom. The number of carboxylic acids is 1. The van der Waals surface area contributed by atoms with E-state index < -0.39 is 12.0 Å². The van der Waals surface area contributed by atoms with Crippen molar-refractivity contribution in [1.29, 1.82) is 0 Å². The summed E-state index contributed by atoms with van der Waals surface area (Å²) in [5.41, 5.74) is 0. The third kappa shape index (κ3) is 2.51. The van der Waals surface area contributed by atoms with Gasteiger partial charge in [-0.05, 0) is 32.1 Å². The minimum absolute atomic E-state index is 0.0357. The van der Waals surface area contributed by atoms with Gasteiger partial charge in [-0.1, -0.05) is 0 Å². The number of hydrogen-bond donors (Lipinski definition) is 2. The van der Waals surface area contributed by atoms with Crippen molar-refractivity contribution >= 4 is 11.9 Å². The van der Waals surface area contributed by atoms with E-state index in [4.69, 9.17) is 0 Å². The third-order valence-corrected chi connectivity index (χ3v) is 5.78. The maximum atomic E-state index is 12.5. The van der Waals surface area contributed by atoms with Crippen molar-refractivity contribution in [3.05, 3.63) is 0 Å². The lowest BCUT2D eigenvalue weighted by Crippen LogP contribution is -2.72. The molecule has 0 unspecified atom stereocenters. The number of hydroxylamine groups is 5. The molecule has 5 atom stereocenters. The van der Waals surface area contributed by atoms with Gasteiger partial charge < -0.3 is 9.90 Å². The van der Waals surface area contributed by atoms with E-state index in [1.165, 1.54) is 0 Å². The van der Waals surface area contributed by atoms with Crippen LogP contribution in [0.1, 0.15) is 44.9 Å². The Balaban J connectivity index is 1.82. The first-order valence-electron chi connectivity index (χ1n) is 8.25. The molecule has 0 spiro atoms. The minimum Gasteiger partial charge on any atom is -0.550 e. The summed E-state index contributed by atoms with van der Waals surface area (Å²) in [6.07, 6.45) is 3.97. The molecule has 3 rings (SSSR count). The second kappa shape index (κ2) is 5.79. The van der Waals surface area contributed by atoms with Gasteiger partial charge in [0.05, 0.1) is 12.0 Å². The van der Waals surface area contributed by atoms with Gasteiger partial charge in [-0.25, -0.2) is 10.3 Å². The molecular formula is C15H24N2O5. The molecule has 0 aromatic carbocycles. The molecule has 7 heteroatoms. The van der Waals surface area contributed by atoms with Gasteiger partial charge in [0.2, 0.25) is 0 Å². The molecule has 3 heterocycles. The zero-order chi connectivity index (χ0) is 15.9. The highest BCUT2D eigenvalue weighted by atomic mass is 16.6. The van der Waals surface area contributed by atoms with E-state index in [-0.39, 0.29) is 34.9 Å². The van der Waals surface area contributed by atoms with E-state index in [9.17, 15) is 25.1 Å². The van der Waals surface area contributed by atoms with Gasteiger partial charge in [-0.2, -0.15) is 4.65 Å². The average Bonchev–Trinajstić information content (AvgIpc) is 2.47. The van der Waals surface area contributed by atoms with Gasteiger partial charge in [0.1, 0.15) is 19.1 Å². The first-order valence-corrected chi connectivity index (χ1v) is 8.25. The van der Waals surface area contributed by atoms with Crippen LogP contribution in [0, 0.1) is 11.8 Å². The summed E-state index contributed by atoms with van der Waals surface area (Å²) in [6.45, 7) is 1.34. The molecule has 3 fully saturated rings. The van der Waals surface area contributed by atoms with Gasteiger partial charge in [0, 0.05) is 24.7 Å². The van der Waals surface area contributed by atoms with Gasteiger partial charge in [-0.15, -0.1) is 0 Å². The van der Waals surface area contributed by atoms with Gasteiger partial charge >= 0.3 is 0 Å². The Morgan fingerprint density at radius 3 is 2.68 bits per heavy atom. The number of piperidine rings is 3. The largest absolute Gasteiger partial charge is 0.550 e. The number of rotatable bonds is 4. The van der Waals surface area contributed by atoms with Crippen molar-refractivity contribution in [2.45, 2.75) is 57.0 Å². The molecule has 3 aliphatic heterocycles. The molecular weight excluding hydrogens is 288 g/mol. The van der Waals surface area contributed by atoms with Crippen LogP contribution >= 0.6 is 0 Å². The first-order chi connectivity index (χ1) is 10.4. The lowest BCUT2D eigenvalue weighted by molar-refractivity contribution is -1.13. The number of carbonyl (C=O) groups is 2. The van der Waals surface area contributed by atoms with Gasteiger partial charge in [0.15, 0.2) is 0 Å². The van der Waals surface area contributed by atoms with E-state index in [2.05, 4.69) is 0 Å². The highest BCUT2D eigenvalue weighted by Crippen LogP contribution is 2.46. The molecule has 22 heavy (non-hydrogen) atoms. The maximum absolute atomic E-state index is 12.5. The molecule has 124 valence electrons. The van der Waals surface area contributed by atoms with Crippen LogP contribution in [0.25, 0.3) is 0 Å². The minimum atomic E-state index is -1.11. The number of carboxylic acid groups (broad SMARTS) is 1. The van der Waals surface area contributed by atoms with Gasteiger partial charge in [-0.3, -0.25) is 10.0 Å². The van der Waals surface area contributed by atoms with Crippen molar-refractivity contribution in [2.24, 2.45) is 11.8 Å². The van der Waals surface area contributed by atoms with E-state index in [0.717, 1.165) is 24.3 Å².